The fraction of sp³-hybridized carbons (Fsp3) is 0.143. The van der Waals surface area contributed by atoms with Gasteiger partial charge in [-0.1, -0.05) is 11.6 Å². The summed E-state index contributed by atoms with van der Waals surface area (Å²) in [4.78, 5) is 16.0. The fourth-order valence-electron chi connectivity index (χ4n) is 1.53. The zero-order chi connectivity index (χ0) is 13.7. The van der Waals surface area contributed by atoms with Crippen molar-refractivity contribution in [1.29, 1.82) is 0 Å². The number of amides is 1. The molecule has 0 radical (unpaired) electrons. The monoisotopic (exact) mass is 276 g/mol. The van der Waals surface area contributed by atoms with Crippen LogP contribution in [0.4, 0.5) is 5.82 Å². The van der Waals surface area contributed by atoms with Gasteiger partial charge in [-0.05, 0) is 43.3 Å². The first kappa shape index (κ1) is 13.4. The molecule has 2 rings (SSSR count). The number of carbonyl (C=O) groups is 1. The lowest BCUT2D eigenvalue weighted by Crippen LogP contribution is -2.12. The molecule has 1 aromatic carbocycles. The van der Waals surface area contributed by atoms with E-state index in [0.717, 1.165) is 5.75 Å². The molecular weight excluding hydrogens is 264 g/mol. The number of nitrogens with one attached hydrogen (secondary N) is 1. The zero-order valence-electron chi connectivity index (χ0n) is 10.4. The van der Waals surface area contributed by atoms with Crippen molar-refractivity contribution in [2.45, 2.75) is 6.92 Å². The summed E-state index contributed by atoms with van der Waals surface area (Å²) < 4.78 is 5.31. The Bertz CT molecular complexity index is 570. The third-order valence-corrected chi connectivity index (χ3v) is 2.63. The number of rotatable bonds is 4. The van der Waals surface area contributed by atoms with Crippen LogP contribution >= 0.6 is 11.6 Å². The molecule has 98 valence electrons. The largest absolute Gasteiger partial charge is 0.494 e. The first-order chi connectivity index (χ1) is 9.19. The van der Waals surface area contributed by atoms with Gasteiger partial charge in [-0.15, -0.1) is 0 Å². The summed E-state index contributed by atoms with van der Waals surface area (Å²) in [5.74, 6) is 0.920. The number of aromatic nitrogens is 1. The van der Waals surface area contributed by atoms with E-state index in [1.54, 1.807) is 36.4 Å². The SMILES string of the molecule is CCOc1ccc(C(=O)Nc2cc(Cl)ccn2)cc1. The Kier molecular flexibility index (Phi) is 4.36. The van der Waals surface area contributed by atoms with E-state index in [4.69, 9.17) is 16.3 Å². The predicted molar refractivity (Wildman–Crippen MR) is 74.8 cm³/mol. The van der Waals surface area contributed by atoms with Crippen LogP contribution in [0, 0.1) is 0 Å². The number of hydrogen-bond donors (Lipinski definition) is 1. The Morgan fingerprint density at radius 1 is 1.32 bits per heavy atom. The van der Waals surface area contributed by atoms with Gasteiger partial charge >= 0.3 is 0 Å². The molecule has 0 aliphatic rings. The quantitative estimate of drug-likeness (QED) is 0.931. The Balaban J connectivity index is 2.07. The van der Waals surface area contributed by atoms with Crippen LogP contribution in [-0.4, -0.2) is 17.5 Å². The third kappa shape index (κ3) is 3.69. The number of halogens is 1. The van der Waals surface area contributed by atoms with E-state index in [1.807, 2.05) is 6.92 Å². The molecule has 1 aromatic heterocycles. The summed E-state index contributed by atoms with van der Waals surface area (Å²) in [5, 5.41) is 3.20. The van der Waals surface area contributed by atoms with Gasteiger partial charge in [0.25, 0.3) is 5.91 Å². The van der Waals surface area contributed by atoms with Crippen LogP contribution in [0.2, 0.25) is 5.02 Å². The predicted octanol–water partition coefficient (Wildman–Crippen LogP) is 3.39. The zero-order valence-corrected chi connectivity index (χ0v) is 11.1. The Labute approximate surface area is 116 Å². The molecule has 0 bridgehead atoms. The molecule has 19 heavy (non-hydrogen) atoms. The van der Waals surface area contributed by atoms with Crippen LogP contribution < -0.4 is 10.1 Å². The molecule has 0 aliphatic carbocycles. The molecule has 4 nitrogen and oxygen atoms in total. The van der Waals surface area contributed by atoms with Gasteiger partial charge in [0.2, 0.25) is 0 Å². The molecular formula is C14H13ClN2O2. The second-order valence-electron chi connectivity index (χ2n) is 3.77. The van der Waals surface area contributed by atoms with Crippen molar-refractivity contribution in [2.24, 2.45) is 0 Å². The van der Waals surface area contributed by atoms with Gasteiger partial charge in [-0.3, -0.25) is 4.79 Å². The number of ether oxygens (including phenoxy) is 1. The summed E-state index contributed by atoms with van der Waals surface area (Å²) in [6.07, 6.45) is 1.54. The lowest BCUT2D eigenvalue weighted by molar-refractivity contribution is 0.102. The second kappa shape index (κ2) is 6.20. The number of nitrogens with zero attached hydrogens (tertiary/aromatic N) is 1. The molecule has 0 aliphatic heterocycles. The van der Waals surface area contributed by atoms with Crippen LogP contribution in [0.15, 0.2) is 42.6 Å². The molecule has 5 heteroatoms. The molecule has 0 fully saturated rings. The summed E-state index contributed by atoms with van der Waals surface area (Å²) >= 11 is 5.82. The topological polar surface area (TPSA) is 51.2 Å². The number of benzene rings is 1. The van der Waals surface area contributed by atoms with Gasteiger partial charge in [0, 0.05) is 16.8 Å². The maximum Gasteiger partial charge on any atom is 0.256 e. The van der Waals surface area contributed by atoms with E-state index in [1.165, 1.54) is 6.20 Å². The van der Waals surface area contributed by atoms with E-state index in [-0.39, 0.29) is 5.91 Å². The summed E-state index contributed by atoms with van der Waals surface area (Å²) in [5.41, 5.74) is 0.533. The van der Waals surface area contributed by atoms with Gasteiger partial charge in [0.1, 0.15) is 11.6 Å². The lowest BCUT2D eigenvalue weighted by atomic mass is 10.2. The Morgan fingerprint density at radius 2 is 2.05 bits per heavy atom. The molecule has 0 saturated heterocycles. The highest BCUT2D eigenvalue weighted by atomic mass is 35.5. The average molecular weight is 277 g/mol. The lowest BCUT2D eigenvalue weighted by Gasteiger charge is -2.06. The number of pyridine rings is 1. The average Bonchev–Trinajstić information content (AvgIpc) is 2.40. The third-order valence-electron chi connectivity index (χ3n) is 2.39. The maximum absolute atomic E-state index is 12.0. The van der Waals surface area contributed by atoms with Gasteiger partial charge in [-0.2, -0.15) is 0 Å². The summed E-state index contributed by atoms with van der Waals surface area (Å²) in [6, 6.07) is 10.1. The van der Waals surface area contributed by atoms with Crippen molar-refractivity contribution in [3.05, 3.63) is 53.2 Å². The van der Waals surface area contributed by atoms with Crippen molar-refractivity contribution in [3.63, 3.8) is 0 Å². The van der Waals surface area contributed by atoms with Crippen molar-refractivity contribution < 1.29 is 9.53 Å². The Hall–Kier alpha value is -2.07. The van der Waals surface area contributed by atoms with Crippen molar-refractivity contribution in [3.8, 4) is 5.75 Å². The van der Waals surface area contributed by atoms with E-state index in [9.17, 15) is 4.79 Å². The highest BCUT2D eigenvalue weighted by Gasteiger charge is 2.07. The second-order valence-corrected chi connectivity index (χ2v) is 4.21. The van der Waals surface area contributed by atoms with E-state index < -0.39 is 0 Å². The van der Waals surface area contributed by atoms with Crippen LogP contribution in [0.5, 0.6) is 5.75 Å². The summed E-state index contributed by atoms with van der Waals surface area (Å²) in [7, 11) is 0. The minimum Gasteiger partial charge on any atom is -0.494 e. The number of anilines is 1. The molecule has 0 unspecified atom stereocenters. The molecule has 0 spiro atoms. The van der Waals surface area contributed by atoms with Crippen molar-refractivity contribution >= 4 is 23.3 Å². The number of hydrogen-bond acceptors (Lipinski definition) is 3. The first-order valence-corrected chi connectivity index (χ1v) is 6.22. The van der Waals surface area contributed by atoms with Gasteiger partial charge in [-0.25, -0.2) is 4.98 Å². The molecule has 1 heterocycles. The minimum absolute atomic E-state index is 0.238. The Morgan fingerprint density at radius 3 is 2.68 bits per heavy atom. The molecule has 1 N–H and O–H groups in total. The highest BCUT2D eigenvalue weighted by Crippen LogP contribution is 2.15. The van der Waals surface area contributed by atoms with E-state index in [2.05, 4.69) is 10.3 Å². The normalized spacial score (nSPS) is 10.0. The number of carbonyl (C=O) groups excluding carboxylic acids is 1. The smallest absolute Gasteiger partial charge is 0.256 e. The standard InChI is InChI=1S/C14H13ClN2O2/c1-2-19-12-5-3-10(4-6-12)14(18)17-13-9-11(15)7-8-16-13/h3-9H,2H2,1H3,(H,16,17,18). The molecule has 0 atom stereocenters. The fourth-order valence-corrected chi connectivity index (χ4v) is 1.69. The molecule has 0 saturated carbocycles. The first-order valence-electron chi connectivity index (χ1n) is 5.85. The van der Waals surface area contributed by atoms with Crippen LogP contribution in [-0.2, 0) is 0 Å². The van der Waals surface area contributed by atoms with Crippen LogP contribution in [0.1, 0.15) is 17.3 Å². The summed E-state index contributed by atoms with van der Waals surface area (Å²) in [6.45, 7) is 2.50. The van der Waals surface area contributed by atoms with Crippen molar-refractivity contribution in [1.82, 2.24) is 4.98 Å². The van der Waals surface area contributed by atoms with Crippen LogP contribution in [0.3, 0.4) is 0 Å². The van der Waals surface area contributed by atoms with Crippen molar-refractivity contribution in [2.75, 3.05) is 11.9 Å². The van der Waals surface area contributed by atoms with Gasteiger partial charge in [0.15, 0.2) is 0 Å². The van der Waals surface area contributed by atoms with Crippen LogP contribution in [0.25, 0.3) is 0 Å². The minimum atomic E-state index is -0.238. The maximum atomic E-state index is 12.0. The van der Waals surface area contributed by atoms with Gasteiger partial charge in [0.05, 0.1) is 6.61 Å². The van der Waals surface area contributed by atoms with Gasteiger partial charge < -0.3 is 10.1 Å². The molecule has 2 aromatic rings. The van der Waals surface area contributed by atoms with E-state index in [0.29, 0.717) is 23.0 Å². The van der Waals surface area contributed by atoms with E-state index >= 15 is 0 Å². The molecule has 1 amide bonds. The highest BCUT2D eigenvalue weighted by molar-refractivity contribution is 6.30.